The van der Waals surface area contributed by atoms with E-state index in [4.69, 9.17) is 0 Å². The Morgan fingerprint density at radius 3 is 0.848 bits per heavy atom. The first-order valence-electron chi connectivity index (χ1n) is 15.0. The van der Waals surface area contributed by atoms with E-state index >= 15 is 0 Å². The second kappa shape index (κ2) is 18.3. The van der Waals surface area contributed by atoms with Crippen molar-refractivity contribution in [1.82, 2.24) is 0 Å². The van der Waals surface area contributed by atoms with Gasteiger partial charge in [0.05, 0.1) is 7.92 Å². The third kappa shape index (κ3) is 8.23. The maximum Gasteiger partial charge on any atom is 0.102 e. The van der Waals surface area contributed by atoms with Gasteiger partial charge in [0.1, 0.15) is 15.9 Å². The Bertz CT molecular complexity index is 1560. The zero-order valence-corrected chi connectivity index (χ0v) is 31.6. The number of benzene rings is 7. The van der Waals surface area contributed by atoms with E-state index in [-0.39, 0.29) is 44.8 Å². The minimum Gasteiger partial charge on any atom is -0.0620 e. The monoisotopic (exact) mass is 996 g/mol. The van der Waals surface area contributed by atoms with Crippen LogP contribution in [0, 0.1) is 6.07 Å². The van der Waals surface area contributed by atoms with Gasteiger partial charge < -0.3 is 0 Å². The first-order chi connectivity index (χ1) is 21.9. The molecule has 0 saturated heterocycles. The first kappa shape index (κ1) is 35.7. The Balaban J connectivity index is 0.000000207. The molecule has 0 N–H and O–H groups in total. The molecule has 7 aromatic carbocycles. The molecule has 0 nitrogen and oxygen atoms in total. The summed E-state index contributed by atoms with van der Waals surface area (Å²) < 4.78 is 0. The van der Waals surface area contributed by atoms with E-state index in [1.54, 1.807) is 0 Å². The third-order valence-electron chi connectivity index (χ3n) is 7.96. The summed E-state index contributed by atoms with van der Waals surface area (Å²) in [6, 6.07) is 77.1. The fraction of sp³-hybridized carbons (Fsp3) is 0. The van der Waals surface area contributed by atoms with Crippen LogP contribution in [0.15, 0.2) is 206 Å². The van der Waals surface area contributed by atoms with E-state index in [9.17, 15) is 0 Å². The van der Waals surface area contributed by atoms with Crippen LogP contribution < -0.4 is 37.1 Å². The molecule has 0 atom stereocenters. The van der Waals surface area contributed by atoms with Crippen LogP contribution in [0.5, 0.6) is 0 Å². The Hall–Kier alpha value is -3.12. The summed E-state index contributed by atoms with van der Waals surface area (Å²) in [6.07, 6.45) is 0. The molecule has 0 amide bonds. The van der Waals surface area contributed by atoms with Crippen molar-refractivity contribution in [3.8, 4) is 0 Å². The van der Waals surface area contributed by atoms with Gasteiger partial charge in [-0.2, -0.15) is 0 Å². The summed E-state index contributed by atoms with van der Waals surface area (Å²) in [4.78, 5) is 0. The fourth-order valence-electron chi connectivity index (χ4n) is 6.02. The summed E-state index contributed by atoms with van der Waals surface area (Å²) in [5, 5.41) is 9.89. The van der Waals surface area contributed by atoms with Gasteiger partial charge >= 0.3 is 172 Å². The molecule has 0 aliphatic carbocycles. The van der Waals surface area contributed by atoms with Crippen molar-refractivity contribution in [2.24, 2.45) is 0 Å². The summed E-state index contributed by atoms with van der Waals surface area (Å²) in [6.45, 7) is 0. The first-order valence-corrected chi connectivity index (χ1v) is 18.5. The van der Waals surface area contributed by atoms with Crippen LogP contribution in [0.25, 0.3) is 0 Å². The molecule has 0 heterocycles. The molecular weight excluding hydrogens is 960 g/mol. The number of hydrogen-bond acceptors (Lipinski definition) is 0. The quantitative estimate of drug-likeness (QED) is 0.0918. The standard InChI is InChI=1S/C24H20P.C18H15P.2Au/c1-5-13-21(14-6-1)25(22-15-7-2-8-16-22,23-17-9-3-10-18-23)24-19-11-4-12-20-24;1-4-10-16(11-5-1)19(17-12-6-2-7-13-17)18-14-8-3-9-15-18;;/h1-3,5-20,25H;1-15H;;/q-1;;;+1/p+1. The molecule has 0 bridgehead atoms. The fourth-order valence-corrected chi connectivity index (χ4v) is 13.3. The van der Waals surface area contributed by atoms with Gasteiger partial charge in [-0.05, 0) is 36.4 Å². The normalized spacial score (nSPS) is 10.8. The minimum atomic E-state index is -2.32. The van der Waals surface area contributed by atoms with Crippen molar-refractivity contribution in [3.05, 3.63) is 212 Å². The van der Waals surface area contributed by atoms with Gasteiger partial charge in [0.25, 0.3) is 0 Å². The maximum atomic E-state index is 3.18. The van der Waals surface area contributed by atoms with Crippen molar-refractivity contribution < 1.29 is 44.8 Å². The summed E-state index contributed by atoms with van der Waals surface area (Å²) in [7, 11) is -3.20. The van der Waals surface area contributed by atoms with Crippen molar-refractivity contribution in [3.63, 3.8) is 0 Å². The zero-order chi connectivity index (χ0) is 29.9. The Morgan fingerprint density at radius 2 is 0.565 bits per heavy atom. The van der Waals surface area contributed by atoms with Gasteiger partial charge in [-0.3, -0.25) is 0 Å². The maximum absolute atomic E-state index is 3.18. The van der Waals surface area contributed by atoms with Crippen molar-refractivity contribution in [2.45, 2.75) is 0 Å². The topological polar surface area (TPSA) is 0 Å². The van der Waals surface area contributed by atoms with E-state index in [0.717, 1.165) is 0 Å². The van der Waals surface area contributed by atoms with Crippen molar-refractivity contribution in [2.75, 3.05) is 0 Å². The third-order valence-corrected chi connectivity index (χ3v) is 15.5. The minimum absolute atomic E-state index is 0. The van der Waals surface area contributed by atoms with Gasteiger partial charge in [-0.25, -0.2) is 0 Å². The van der Waals surface area contributed by atoms with E-state index in [1.807, 2.05) is 12.1 Å². The van der Waals surface area contributed by atoms with Crippen molar-refractivity contribution >= 4 is 52.3 Å². The molecule has 4 heteroatoms. The van der Waals surface area contributed by atoms with Gasteiger partial charge in [-0.15, -0.1) is 0 Å². The smallest absolute Gasteiger partial charge is 0.0620 e. The molecule has 235 valence electrons. The molecule has 46 heavy (non-hydrogen) atoms. The molecule has 0 aliphatic heterocycles. The molecule has 0 saturated carbocycles. The summed E-state index contributed by atoms with van der Waals surface area (Å²) in [5.74, 6) is 0. The number of rotatable bonds is 7. The molecule has 0 unspecified atom stereocenters. The Kier molecular flexibility index (Phi) is 14.2. The van der Waals surface area contributed by atoms with Gasteiger partial charge in [0.15, 0.2) is 0 Å². The molecule has 0 fully saturated rings. The largest absolute Gasteiger partial charge is 0.102 e. The van der Waals surface area contributed by atoms with Gasteiger partial charge in [-0.1, -0.05) is 54.6 Å². The second-order valence-electron chi connectivity index (χ2n) is 10.6. The number of hydrogen-bond donors (Lipinski definition) is 0. The van der Waals surface area contributed by atoms with Crippen LogP contribution in [0.2, 0.25) is 0 Å². The van der Waals surface area contributed by atoms with Crippen LogP contribution in [0.3, 0.4) is 0 Å². The van der Waals surface area contributed by atoms with Crippen molar-refractivity contribution in [1.29, 1.82) is 0 Å². The average molecular weight is 997 g/mol. The van der Waals surface area contributed by atoms with Crippen LogP contribution >= 0.6 is 15.2 Å². The average Bonchev–Trinajstić information content (AvgIpc) is 3.12. The van der Waals surface area contributed by atoms with E-state index in [1.165, 1.54) is 37.1 Å². The Labute approximate surface area is 307 Å². The Morgan fingerprint density at radius 1 is 0.326 bits per heavy atom. The predicted octanol–water partition coefficient (Wildman–Crippen LogP) is 7.01. The van der Waals surface area contributed by atoms with Crippen LogP contribution in [-0.2, 0) is 44.8 Å². The van der Waals surface area contributed by atoms with Crippen LogP contribution in [0.1, 0.15) is 0 Å². The molecule has 0 aromatic heterocycles. The SMILES string of the molecule is [Au+].[Au].[c-]1ccc([PH](c2ccccc2)(c2ccccc2)c2ccccc2)cc1.c1ccc([PH+](c2ccccc2)c2ccccc2)cc1. The summed E-state index contributed by atoms with van der Waals surface area (Å²) >= 11 is 0. The molecule has 1 radical (unpaired) electrons. The molecule has 7 rings (SSSR count). The van der Waals surface area contributed by atoms with Gasteiger partial charge in [0.2, 0.25) is 0 Å². The molecule has 0 aliphatic rings. The summed E-state index contributed by atoms with van der Waals surface area (Å²) in [5.41, 5.74) is 0. The van der Waals surface area contributed by atoms with Crippen LogP contribution in [0.4, 0.5) is 0 Å². The van der Waals surface area contributed by atoms with Crippen LogP contribution in [-0.4, -0.2) is 0 Å². The van der Waals surface area contributed by atoms with E-state index in [2.05, 4.69) is 200 Å². The zero-order valence-electron chi connectivity index (χ0n) is 25.2. The second-order valence-corrected chi connectivity index (χ2v) is 16.9. The molecule has 0 spiro atoms. The van der Waals surface area contributed by atoms with E-state index in [0.29, 0.717) is 0 Å². The van der Waals surface area contributed by atoms with E-state index < -0.39 is 15.2 Å². The molecule has 7 aromatic rings. The predicted molar refractivity (Wildman–Crippen MR) is 198 cm³/mol. The van der Waals surface area contributed by atoms with Gasteiger partial charge in [0, 0.05) is 22.4 Å². The molecular formula is C42H36Au2P2+.